The molecule has 18 heavy (non-hydrogen) atoms. The van der Waals surface area contributed by atoms with Crippen LogP contribution in [0.25, 0.3) is 0 Å². The van der Waals surface area contributed by atoms with E-state index < -0.39 is 5.97 Å². The number of tetrazole rings is 1. The van der Waals surface area contributed by atoms with E-state index in [1.807, 2.05) is 17.7 Å². The molecule has 0 saturated heterocycles. The average molecular weight is 268 g/mol. The summed E-state index contributed by atoms with van der Waals surface area (Å²) in [7, 11) is 0. The number of carboxylic acid groups (broad SMARTS) is 1. The Hall–Kier alpha value is -1.90. The van der Waals surface area contributed by atoms with Gasteiger partial charge < -0.3 is 9.67 Å². The molecule has 8 nitrogen and oxygen atoms in total. The van der Waals surface area contributed by atoms with E-state index in [-0.39, 0.29) is 6.54 Å². The highest BCUT2D eigenvalue weighted by molar-refractivity contribution is 7.98. The van der Waals surface area contributed by atoms with Gasteiger partial charge in [0.05, 0.1) is 5.75 Å². The Kier molecular flexibility index (Phi) is 3.92. The molecule has 0 radical (unpaired) electrons. The summed E-state index contributed by atoms with van der Waals surface area (Å²) >= 11 is 1.36. The molecule has 9 heteroatoms. The first kappa shape index (κ1) is 12.6. The second-order valence-electron chi connectivity index (χ2n) is 3.43. The van der Waals surface area contributed by atoms with Gasteiger partial charge in [0.1, 0.15) is 12.4 Å². The number of aryl methyl sites for hydroxylation is 1. The van der Waals surface area contributed by atoms with Crippen molar-refractivity contribution in [2.24, 2.45) is 0 Å². The Labute approximate surface area is 107 Å². The van der Waals surface area contributed by atoms with E-state index in [0.717, 1.165) is 12.4 Å². The summed E-state index contributed by atoms with van der Waals surface area (Å²) in [5.41, 5.74) is 0. The van der Waals surface area contributed by atoms with Crippen molar-refractivity contribution in [1.82, 2.24) is 29.8 Å². The number of rotatable bonds is 6. The number of carbonyl (C=O) groups is 1. The molecular weight excluding hydrogens is 256 g/mol. The Morgan fingerprint density at radius 3 is 3.11 bits per heavy atom. The van der Waals surface area contributed by atoms with Crippen LogP contribution in [-0.2, 0) is 23.6 Å². The fraction of sp³-hybridized carbons (Fsp3) is 0.444. The van der Waals surface area contributed by atoms with Crippen LogP contribution in [0.4, 0.5) is 0 Å². The molecule has 2 rings (SSSR count). The predicted octanol–water partition coefficient (Wildman–Crippen LogP) is 0.266. The van der Waals surface area contributed by atoms with Crippen molar-refractivity contribution in [3.8, 4) is 0 Å². The minimum atomic E-state index is -0.973. The molecule has 0 aliphatic heterocycles. The van der Waals surface area contributed by atoms with E-state index in [4.69, 9.17) is 5.11 Å². The molecule has 0 atom stereocenters. The van der Waals surface area contributed by atoms with E-state index in [1.165, 1.54) is 16.4 Å². The number of carboxylic acids is 1. The molecule has 0 fully saturated rings. The minimum absolute atomic E-state index is 0.239. The maximum Gasteiger partial charge on any atom is 0.325 e. The van der Waals surface area contributed by atoms with Gasteiger partial charge in [-0.05, 0) is 17.4 Å². The van der Waals surface area contributed by atoms with E-state index >= 15 is 0 Å². The molecule has 0 aliphatic carbocycles. The van der Waals surface area contributed by atoms with Crippen molar-refractivity contribution in [3.05, 3.63) is 18.2 Å². The van der Waals surface area contributed by atoms with Gasteiger partial charge in [0.25, 0.3) is 0 Å². The molecule has 0 bridgehead atoms. The van der Waals surface area contributed by atoms with Gasteiger partial charge >= 0.3 is 5.97 Å². The van der Waals surface area contributed by atoms with Crippen LogP contribution in [0.5, 0.6) is 0 Å². The number of hydrogen-bond acceptors (Lipinski definition) is 6. The molecule has 2 aromatic heterocycles. The normalized spacial score (nSPS) is 10.7. The second-order valence-corrected chi connectivity index (χ2v) is 4.37. The molecule has 0 saturated carbocycles. The molecule has 2 heterocycles. The lowest BCUT2D eigenvalue weighted by atomic mass is 10.6. The Morgan fingerprint density at radius 1 is 1.56 bits per heavy atom. The Balaban J connectivity index is 2.02. The first-order chi connectivity index (χ1) is 8.70. The molecule has 0 spiro atoms. The van der Waals surface area contributed by atoms with Gasteiger partial charge in [-0.15, -0.1) is 5.10 Å². The maximum atomic E-state index is 10.6. The lowest BCUT2D eigenvalue weighted by Gasteiger charge is -2.04. The molecule has 0 amide bonds. The zero-order chi connectivity index (χ0) is 13.0. The zero-order valence-corrected chi connectivity index (χ0v) is 10.5. The lowest BCUT2D eigenvalue weighted by molar-refractivity contribution is -0.138. The van der Waals surface area contributed by atoms with Gasteiger partial charge in [-0.25, -0.2) is 9.67 Å². The fourth-order valence-corrected chi connectivity index (χ4v) is 2.27. The van der Waals surface area contributed by atoms with E-state index in [9.17, 15) is 4.79 Å². The number of aromatic nitrogens is 6. The van der Waals surface area contributed by atoms with Crippen LogP contribution in [0.2, 0.25) is 0 Å². The van der Waals surface area contributed by atoms with Gasteiger partial charge in [-0.2, -0.15) is 0 Å². The summed E-state index contributed by atoms with van der Waals surface area (Å²) in [6.45, 7) is 2.64. The topological polar surface area (TPSA) is 98.7 Å². The highest BCUT2D eigenvalue weighted by Gasteiger charge is 2.11. The molecule has 0 aromatic carbocycles. The molecule has 0 unspecified atom stereocenters. The lowest BCUT2D eigenvalue weighted by Crippen LogP contribution is -2.11. The highest BCUT2D eigenvalue weighted by Crippen LogP contribution is 2.18. The van der Waals surface area contributed by atoms with Crippen molar-refractivity contribution >= 4 is 17.7 Å². The van der Waals surface area contributed by atoms with Gasteiger partial charge in [0.15, 0.2) is 0 Å². The summed E-state index contributed by atoms with van der Waals surface area (Å²) in [5, 5.41) is 20.1. The smallest absolute Gasteiger partial charge is 0.325 e. The summed E-state index contributed by atoms with van der Waals surface area (Å²) in [5.74, 6) is 0.535. The quantitative estimate of drug-likeness (QED) is 0.750. The largest absolute Gasteiger partial charge is 0.480 e. The first-order valence-electron chi connectivity index (χ1n) is 5.31. The Bertz CT molecular complexity index is 537. The van der Waals surface area contributed by atoms with Crippen molar-refractivity contribution < 1.29 is 9.90 Å². The van der Waals surface area contributed by atoms with Crippen LogP contribution in [0.3, 0.4) is 0 Å². The standard InChI is InChI=1S/C9H12N6O2S/c1-2-14-4-3-10-7(14)6-18-9-11-12-13-15(9)5-8(16)17/h3-4H,2,5-6H2,1H3,(H,16,17). The molecule has 96 valence electrons. The van der Waals surface area contributed by atoms with E-state index in [0.29, 0.717) is 10.9 Å². The molecular formula is C9H12N6O2S. The zero-order valence-electron chi connectivity index (χ0n) is 9.72. The number of thioether (sulfide) groups is 1. The van der Waals surface area contributed by atoms with Crippen molar-refractivity contribution in [2.75, 3.05) is 0 Å². The Morgan fingerprint density at radius 2 is 2.39 bits per heavy atom. The van der Waals surface area contributed by atoms with Gasteiger partial charge in [-0.1, -0.05) is 11.8 Å². The molecule has 2 aromatic rings. The number of aliphatic carboxylic acids is 1. The summed E-state index contributed by atoms with van der Waals surface area (Å²) < 4.78 is 3.27. The second kappa shape index (κ2) is 5.63. The van der Waals surface area contributed by atoms with Crippen molar-refractivity contribution in [1.29, 1.82) is 0 Å². The SMILES string of the molecule is CCn1ccnc1CSc1nnnn1CC(=O)O. The monoisotopic (exact) mass is 268 g/mol. The molecule has 0 aliphatic rings. The van der Waals surface area contributed by atoms with Crippen LogP contribution in [0.15, 0.2) is 17.6 Å². The van der Waals surface area contributed by atoms with Crippen LogP contribution >= 0.6 is 11.8 Å². The highest BCUT2D eigenvalue weighted by atomic mass is 32.2. The minimum Gasteiger partial charge on any atom is -0.480 e. The van der Waals surface area contributed by atoms with Crippen LogP contribution in [0, 0.1) is 0 Å². The van der Waals surface area contributed by atoms with Crippen LogP contribution in [-0.4, -0.2) is 40.8 Å². The molecule has 1 N–H and O–H groups in total. The maximum absolute atomic E-state index is 10.6. The van der Waals surface area contributed by atoms with Crippen LogP contribution < -0.4 is 0 Å². The first-order valence-corrected chi connectivity index (χ1v) is 6.30. The van der Waals surface area contributed by atoms with Crippen molar-refractivity contribution in [3.63, 3.8) is 0 Å². The van der Waals surface area contributed by atoms with Gasteiger partial charge in [0.2, 0.25) is 5.16 Å². The van der Waals surface area contributed by atoms with Crippen LogP contribution in [0.1, 0.15) is 12.7 Å². The third kappa shape index (κ3) is 2.86. The summed E-state index contributed by atoms with van der Waals surface area (Å²) in [4.78, 5) is 14.8. The van der Waals surface area contributed by atoms with Gasteiger partial charge in [-0.3, -0.25) is 4.79 Å². The third-order valence-corrected chi connectivity index (χ3v) is 3.21. The number of imidazole rings is 1. The van der Waals surface area contributed by atoms with Gasteiger partial charge in [0, 0.05) is 18.9 Å². The summed E-state index contributed by atoms with van der Waals surface area (Å²) in [6, 6.07) is 0. The van der Waals surface area contributed by atoms with Crippen molar-refractivity contribution in [2.45, 2.75) is 30.9 Å². The van der Waals surface area contributed by atoms with E-state index in [1.54, 1.807) is 6.20 Å². The average Bonchev–Trinajstić information content (AvgIpc) is 2.94. The predicted molar refractivity (Wildman–Crippen MR) is 62.9 cm³/mol. The van der Waals surface area contributed by atoms with E-state index in [2.05, 4.69) is 20.5 Å². The fourth-order valence-electron chi connectivity index (χ4n) is 1.42. The summed E-state index contributed by atoms with van der Waals surface area (Å²) in [6.07, 6.45) is 3.63. The number of hydrogen-bond donors (Lipinski definition) is 1. The number of nitrogens with zero attached hydrogens (tertiary/aromatic N) is 6. The third-order valence-electron chi connectivity index (χ3n) is 2.26.